The number of aromatic amines is 1. The number of amides is 1. The van der Waals surface area contributed by atoms with Crippen molar-refractivity contribution in [2.75, 3.05) is 0 Å². The van der Waals surface area contributed by atoms with E-state index >= 15 is 0 Å². The zero-order valence-electron chi connectivity index (χ0n) is 14.4. The highest BCUT2D eigenvalue weighted by Gasteiger charge is 2.23. The molecule has 0 aliphatic heterocycles. The fourth-order valence-corrected chi connectivity index (χ4v) is 2.26. The van der Waals surface area contributed by atoms with Crippen LogP contribution in [-0.2, 0) is 11.2 Å². The van der Waals surface area contributed by atoms with Gasteiger partial charge in [-0.3, -0.25) is 0 Å². The smallest absolute Gasteiger partial charge is 0.408 e. The highest BCUT2D eigenvalue weighted by atomic mass is 16.6. The van der Waals surface area contributed by atoms with Crippen molar-refractivity contribution in [3.05, 3.63) is 53.1 Å². The van der Waals surface area contributed by atoms with E-state index in [9.17, 15) is 4.79 Å². The van der Waals surface area contributed by atoms with Crippen LogP contribution in [0.5, 0.6) is 0 Å². The van der Waals surface area contributed by atoms with Crippen LogP contribution >= 0.6 is 0 Å². The second-order valence-corrected chi connectivity index (χ2v) is 6.72. The van der Waals surface area contributed by atoms with Crippen LogP contribution in [0.1, 0.15) is 49.6 Å². The summed E-state index contributed by atoms with van der Waals surface area (Å²) in [4.78, 5) is 19.9. The number of nitrogens with one attached hydrogen (secondary N) is 2. The predicted molar refractivity (Wildman–Crippen MR) is 90.3 cm³/mol. The van der Waals surface area contributed by atoms with Crippen LogP contribution in [0.4, 0.5) is 4.79 Å². The molecule has 0 saturated heterocycles. The van der Waals surface area contributed by atoms with Gasteiger partial charge in [0.25, 0.3) is 0 Å². The molecule has 1 aromatic carbocycles. The first kappa shape index (κ1) is 17.1. The summed E-state index contributed by atoms with van der Waals surface area (Å²) in [5.41, 5.74) is 2.53. The molecule has 1 amide bonds. The van der Waals surface area contributed by atoms with Gasteiger partial charge in [-0.2, -0.15) is 0 Å². The van der Waals surface area contributed by atoms with Crippen molar-refractivity contribution in [1.82, 2.24) is 15.3 Å². The van der Waals surface area contributed by atoms with Gasteiger partial charge in [-0.25, -0.2) is 9.78 Å². The van der Waals surface area contributed by atoms with Crippen LogP contribution in [0, 0.1) is 13.8 Å². The van der Waals surface area contributed by atoms with E-state index in [1.807, 2.05) is 65.0 Å². The maximum Gasteiger partial charge on any atom is 0.408 e. The number of aromatic nitrogens is 2. The molecule has 0 spiro atoms. The van der Waals surface area contributed by atoms with Gasteiger partial charge in [0.2, 0.25) is 0 Å². The summed E-state index contributed by atoms with van der Waals surface area (Å²) in [7, 11) is 0. The molecular formula is C18H25N3O2. The lowest BCUT2D eigenvalue weighted by Crippen LogP contribution is -2.36. The molecule has 0 aliphatic rings. The van der Waals surface area contributed by atoms with Gasteiger partial charge >= 0.3 is 6.09 Å². The molecule has 0 unspecified atom stereocenters. The molecule has 2 N–H and O–H groups in total. The van der Waals surface area contributed by atoms with Crippen molar-refractivity contribution in [3.63, 3.8) is 0 Å². The maximum absolute atomic E-state index is 12.1. The Kier molecular flexibility index (Phi) is 5.08. The monoisotopic (exact) mass is 315 g/mol. The number of carbonyl (C=O) groups excluding carboxylic acids is 1. The van der Waals surface area contributed by atoms with Crippen molar-refractivity contribution in [3.8, 4) is 0 Å². The quantitative estimate of drug-likeness (QED) is 0.901. The molecule has 2 rings (SSSR count). The molecule has 0 saturated carbocycles. The standard InChI is InChI=1S/C18H25N3O2/c1-12-13(2)20-16(19-12)15(11-14-9-7-6-8-10-14)21-17(22)23-18(3,4)5/h6-10,15H,11H2,1-5H3,(H,19,20)(H,21,22)/t15-/m0/s1. The average molecular weight is 315 g/mol. The van der Waals surface area contributed by atoms with E-state index < -0.39 is 11.7 Å². The Balaban J connectivity index is 2.19. The lowest BCUT2D eigenvalue weighted by atomic mass is 10.1. The third-order valence-electron chi connectivity index (χ3n) is 3.45. The topological polar surface area (TPSA) is 67.0 Å². The van der Waals surface area contributed by atoms with Gasteiger partial charge in [0, 0.05) is 12.1 Å². The van der Waals surface area contributed by atoms with E-state index in [0.717, 1.165) is 22.8 Å². The summed E-state index contributed by atoms with van der Waals surface area (Å²) < 4.78 is 5.37. The molecule has 0 aliphatic carbocycles. The largest absolute Gasteiger partial charge is 0.444 e. The molecule has 1 heterocycles. The van der Waals surface area contributed by atoms with Crippen molar-refractivity contribution >= 4 is 6.09 Å². The second kappa shape index (κ2) is 6.86. The van der Waals surface area contributed by atoms with Gasteiger partial charge in [-0.1, -0.05) is 30.3 Å². The number of hydrogen-bond donors (Lipinski definition) is 2. The van der Waals surface area contributed by atoms with Crippen LogP contribution in [0.2, 0.25) is 0 Å². The first-order valence-electron chi connectivity index (χ1n) is 7.81. The summed E-state index contributed by atoms with van der Waals surface area (Å²) in [5, 5.41) is 2.92. The summed E-state index contributed by atoms with van der Waals surface area (Å²) in [6.07, 6.45) is 0.206. The van der Waals surface area contributed by atoms with Crippen LogP contribution in [0.3, 0.4) is 0 Å². The Morgan fingerprint density at radius 2 is 1.91 bits per heavy atom. The zero-order valence-corrected chi connectivity index (χ0v) is 14.4. The minimum atomic E-state index is -0.531. The number of benzene rings is 1. The van der Waals surface area contributed by atoms with Gasteiger partial charge in [0.15, 0.2) is 0 Å². The first-order valence-corrected chi connectivity index (χ1v) is 7.81. The summed E-state index contributed by atoms with van der Waals surface area (Å²) in [6.45, 7) is 9.46. The molecule has 0 fully saturated rings. The van der Waals surface area contributed by atoms with E-state index in [1.165, 1.54) is 0 Å². The molecule has 5 heteroatoms. The number of carbonyl (C=O) groups is 1. The molecule has 1 aromatic heterocycles. The predicted octanol–water partition coefficient (Wildman–Crippen LogP) is 3.84. The molecule has 124 valence electrons. The number of imidazole rings is 1. The van der Waals surface area contributed by atoms with E-state index in [1.54, 1.807) is 0 Å². The van der Waals surface area contributed by atoms with Gasteiger partial charge < -0.3 is 15.0 Å². The SMILES string of the molecule is Cc1nc([C@H](Cc2ccccc2)NC(=O)OC(C)(C)C)[nH]c1C. The third-order valence-corrected chi connectivity index (χ3v) is 3.45. The number of aryl methyl sites for hydroxylation is 2. The molecule has 0 radical (unpaired) electrons. The second-order valence-electron chi connectivity index (χ2n) is 6.72. The Labute approximate surface area is 137 Å². The van der Waals surface area contributed by atoms with Crippen molar-refractivity contribution in [1.29, 1.82) is 0 Å². The highest BCUT2D eigenvalue weighted by Crippen LogP contribution is 2.18. The van der Waals surface area contributed by atoms with Gasteiger partial charge in [0.1, 0.15) is 11.4 Å². The third kappa shape index (κ3) is 5.13. The average Bonchev–Trinajstić information content (AvgIpc) is 2.77. The lowest BCUT2D eigenvalue weighted by Gasteiger charge is -2.23. The molecule has 0 bridgehead atoms. The molecule has 5 nitrogen and oxygen atoms in total. The fourth-order valence-electron chi connectivity index (χ4n) is 2.26. The fraction of sp³-hybridized carbons (Fsp3) is 0.444. The van der Waals surface area contributed by atoms with E-state index in [-0.39, 0.29) is 6.04 Å². The number of ether oxygens (including phenoxy) is 1. The van der Waals surface area contributed by atoms with Gasteiger partial charge in [-0.05, 0) is 40.2 Å². The zero-order chi connectivity index (χ0) is 17.0. The number of nitrogens with zero attached hydrogens (tertiary/aromatic N) is 1. The summed E-state index contributed by atoms with van der Waals surface area (Å²) in [5.74, 6) is 0.745. The molecule has 1 atom stereocenters. The van der Waals surface area contributed by atoms with Crippen LogP contribution < -0.4 is 5.32 Å². The van der Waals surface area contributed by atoms with E-state index in [2.05, 4.69) is 15.3 Å². The Bertz CT molecular complexity index is 637. The number of alkyl carbamates (subject to hydrolysis) is 1. The van der Waals surface area contributed by atoms with Crippen molar-refractivity contribution in [2.45, 2.75) is 52.7 Å². The Morgan fingerprint density at radius 3 is 2.43 bits per heavy atom. The van der Waals surface area contributed by atoms with Gasteiger partial charge in [-0.15, -0.1) is 0 Å². The number of H-pyrrole nitrogens is 1. The molecule has 23 heavy (non-hydrogen) atoms. The molecule has 2 aromatic rings. The number of hydrogen-bond acceptors (Lipinski definition) is 3. The first-order chi connectivity index (χ1) is 10.7. The minimum absolute atomic E-state index is 0.264. The normalized spacial score (nSPS) is 12.7. The van der Waals surface area contributed by atoms with Crippen LogP contribution in [0.15, 0.2) is 30.3 Å². The minimum Gasteiger partial charge on any atom is -0.444 e. The van der Waals surface area contributed by atoms with Crippen LogP contribution in [0.25, 0.3) is 0 Å². The highest BCUT2D eigenvalue weighted by molar-refractivity contribution is 5.68. The number of rotatable bonds is 4. The van der Waals surface area contributed by atoms with E-state index in [0.29, 0.717) is 6.42 Å². The Hall–Kier alpha value is -2.30. The summed E-state index contributed by atoms with van der Waals surface area (Å²) >= 11 is 0. The van der Waals surface area contributed by atoms with Crippen molar-refractivity contribution < 1.29 is 9.53 Å². The van der Waals surface area contributed by atoms with Crippen molar-refractivity contribution in [2.24, 2.45) is 0 Å². The Morgan fingerprint density at radius 1 is 1.26 bits per heavy atom. The van der Waals surface area contributed by atoms with Gasteiger partial charge in [0.05, 0.1) is 11.7 Å². The molecular weight excluding hydrogens is 290 g/mol. The van der Waals surface area contributed by atoms with Crippen LogP contribution in [-0.4, -0.2) is 21.7 Å². The maximum atomic E-state index is 12.1. The lowest BCUT2D eigenvalue weighted by molar-refractivity contribution is 0.0501. The van der Waals surface area contributed by atoms with E-state index in [4.69, 9.17) is 4.74 Å². The summed E-state index contributed by atoms with van der Waals surface area (Å²) in [6, 6.07) is 9.75.